The Bertz CT molecular complexity index is 440. The number of hydrogen-bond donors (Lipinski definition) is 1. The van der Waals surface area contributed by atoms with Crippen molar-refractivity contribution in [3.8, 4) is 0 Å². The van der Waals surface area contributed by atoms with Crippen LogP contribution in [0.15, 0.2) is 24.3 Å². The van der Waals surface area contributed by atoms with Gasteiger partial charge in [0.15, 0.2) is 5.78 Å². The van der Waals surface area contributed by atoms with Gasteiger partial charge in [-0.3, -0.25) is 9.59 Å². The van der Waals surface area contributed by atoms with E-state index in [1.807, 2.05) is 31.2 Å². The van der Waals surface area contributed by atoms with Gasteiger partial charge in [-0.15, -0.1) is 0 Å². The fourth-order valence-corrected chi connectivity index (χ4v) is 2.08. The Labute approximate surface area is 120 Å². The summed E-state index contributed by atoms with van der Waals surface area (Å²) in [7, 11) is 1.33. The third-order valence-corrected chi connectivity index (χ3v) is 3.14. The van der Waals surface area contributed by atoms with Crippen molar-refractivity contribution in [2.24, 2.45) is 0 Å². The fraction of sp³-hybridized carbons (Fsp3) is 0.500. The summed E-state index contributed by atoms with van der Waals surface area (Å²) >= 11 is 0. The smallest absolute Gasteiger partial charge is 0.307 e. The molecule has 1 rings (SSSR count). The number of rotatable bonds is 8. The third-order valence-electron chi connectivity index (χ3n) is 3.14. The number of aryl methyl sites for hydroxylation is 1. The Kier molecular flexibility index (Phi) is 6.94. The fourth-order valence-electron chi connectivity index (χ4n) is 2.08. The zero-order valence-electron chi connectivity index (χ0n) is 12.4. The molecule has 0 aliphatic rings. The van der Waals surface area contributed by atoms with Crippen LogP contribution in [-0.4, -0.2) is 31.4 Å². The molecule has 0 spiro atoms. The van der Waals surface area contributed by atoms with Crippen molar-refractivity contribution in [1.29, 1.82) is 0 Å². The molecular formula is C16H23NO3. The van der Waals surface area contributed by atoms with Crippen molar-refractivity contribution in [2.75, 3.05) is 13.7 Å². The monoisotopic (exact) mass is 277 g/mol. The quantitative estimate of drug-likeness (QED) is 0.585. The molecule has 1 aromatic carbocycles. The SMILES string of the molecule is CCCc1ccc(C(=O)C(CC(=O)OC)NCC)cc1. The zero-order chi connectivity index (χ0) is 15.0. The predicted molar refractivity (Wildman–Crippen MR) is 78.9 cm³/mol. The summed E-state index contributed by atoms with van der Waals surface area (Å²) in [6, 6.07) is 7.07. The van der Waals surface area contributed by atoms with Gasteiger partial charge in [0, 0.05) is 5.56 Å². The van der Waals surface area contributed by atoms with Crippen LogP contribution in [0.5, 0.6) is 0 Å². The summed E-state index contributed by atoms with van der Waals surface area (Å²) in [5.41, 5.74) is 1.84. The van der Waals surface area contributed by atoms with E-state index in [9.17, 15) is 9.59 Å². The molecule has 1 N–H and O–H groups in total. The average molecular weight is 277 g/mol. The second kappa shape index (κ2) is 8.48. The van der Waals surface area contributed by atoms with Crippen LogP contribution < -0.4 is 5.32 Å². The maximum atomic E-state index is 12.4. The molecule has 20 heavy (non-hydrogen) atoms. The maximum Gasteiger partial charge on any atom is 0.307 e. The van der Waals surface area contributed by atoms with Crippen molar-refractivity contribution < 1.29 is 14.3 Å². The first kappa shape index (κ1) is 16.4. The van der Waals surface area contributed by atoms with Gasteiger partial charge in [0.05, 0.1) is 19.6 Å². The maximum absolute atomic E-state index is 12.4. The van der Waals surface area contributed by atoms with Gasteiger partial charge in [0.2, 0.25) is 0 Å². The summed E-state index contributed by atoms with van der Waals surface area (Å²) in [6.45, 7) is 4.65. The van der Waals surface area contributed by atoms with E-state index >= 15 is 0 Å². The summed E-state index contributed by atoms with van der Waals surface area (Å²) in [6.07, 6.45) is 2.14. The minimum atomic E-state index is -0.524. The molecule has 0 heterocycles. The first-order valence-corrected chi connectivity index (χ1v) is 7.05. The van der Waals surface area contributed by atoms with Crippen LogP contribution in [0.4, 0.5) is 0 Å². The summed E-state index contributed by atoms with van der Waals surface area (Å²) < 4.78 is 4.63. The van der Waals surface area contributed by atoms with Crippen LogP contribution in [0, 0.1) is 0 Å². The molecule has 1 unspecified atom stereocenters. The summed E-state index contributed by atoms with van der Waals surface area (Å²) in [4.78, 5) is 23.7. The van der Waals surface area contributed by atoms with Crippen LogP contribution in [0.1, 0.15) is 42.6 Å². The molecule has 0 aliphatic heterocycles. The lowest BCUT2D eigenvalue weighted by Gasteiger charge is -2.15. The van der Waals surface area contributed by atoms with Crippen LogP contribution in [-0.2, 0) is 16.0 Å². The van der Waals surface area contributed by atoms with Crippen molar-refractivity contribution >= 4 is 11.8 Å². The first-order chi connectivity index (χ1) is 9.62. The van der Waals surface area contributed by atoms with E-state index in [1.165, 1.54) is 12.7 Å². The topological polar surface area (TPSA) is 55.4 Å². The Balaban J connectivity index is 2.79. The van der Waals surface area contributed by atoms with Gasteiger partial charge in [-0.25, -0.2) is 0 Å². The summed E-state index contributed by atoms with van der Waals surface area (Å²) in [5.74, 6) is -0.452. The second-order valence-corrected chi connectivity index (χ2v) is 4.70. The number of Topliss-reactive ketones (excluding diaryl/α,β-unsaturated/α-hetero) is 1. The number of nitrogens with one attached hydrogen (secondary N) is 1. The minimum Gasteiger partial charge on any atom is -0.469 e. The van der Waals surface area contributed by atoms with Gasteiger partial charge in [-0.05, 0) is 18.5 Å². The van der Waals surface area contributed by atoms with Gasteiger partial charge in [-0.1, -0.05) is 44.5 Å². The number of hydrogen-bond acceptors (Lipinski definition) is 4. The highest BCUT2D eigenvalue weighted by Crippen LogP contribution is 2.11. The first-order valence-electron chi connectivity index (χ1n) is 7.05. The van der Waals surface area contributed by atoms with Gasteiger partial charge in [-0.2, -0.15) is 0 Å². The molecule has 0 bridgehead atoms. The number of ketones is 1. The van der Waals surface area contributed by atoms with E-state index in [0.717, 1.165) is 12.8 Å². The Hall–Kier alpha value is -1.68. The van der Waals surface area contributed by atoms with Crippen LogP contribution in [0.3, 0.4) is 0 Å². The van der Waals surface area contributed by atoms with Crippen LogP contribution >= 0.6 is 0 Å². The molecule has 0 fully saturated rings. The number of methoxy groups -OCH3 is 1. The normalized spacial score (nSPS) is 11.9. The molecule has 0 aromatic heterocycles. The number of benzene rings is 1. The molecular weight excluding hydrogens is 254 g/mol. The summed E-state index contributed by atoms with van der Waals surface area (Å²) in [5, 5.41) is 3.04. The number of likely N-dealkylation sites (N-methyl/N-ethyl adjacent to an activating group) is 1. The number of ether oxygens (including phenoxy) is 1. The van der Waals surface area contributed by atoms with Crippen molar-refractivity contribution in [3.05, 3.63) is 35.4 Å². The van der Waals surface area contributed by atoms with Crippen molar-refractivity contribution in [2.45, 2.75) is 39.2 Å². The highest BCUT2D eigenvalue weighted by atomic mass is 16.5. The van der Waals surface area contributed by atoms with E-state index in [-0.39, 0.29) is 18.2 Å². The van der Waals surface area contributed by atoms with Crippen LogP contribution in [0.25, 0.3) is 0 Å². The predicted octanol–water partition coefficient (Wildman–Crippen LogP) is 2.36. The molecule has 0 saturated carbocycles. The highest BCUT2D eigenvalue weighted by Gasteiger charge is 2.22. The molecule has 0 saturated heterocycles. The molecule has 110 valence electrons. The lowest BCUT2D eigenvalue weighted by Crippen LogP contribution is -2.38. The van der Waals surface area contributed by atoms with Gasteiger partial charge >= 0.3 is 5.97 Å². The number of carbonyl (C=O) groups is 2. The lowest BCUT2D eigenvalue weighted by atomic mass is 9.99. The van der Waals surface area contributed by atoms with Gasteiger partial charge < -0.3 is 10.1 Å². The van der Waals surface area contributed by atoms with E-state index < -0.39 is 6.04 Å². The Morgan fingerprint density at radius 3 is 2.35 bits per heavy atom. The standard InChI is InChI=1S/C16H23NO3/c1-4-6-12-7-9-13(10-8-12)16(19)14(17-5-2)11-15(18)20-3/h7-10,14,17H,4-6,11H2,1-3H3. The Morgan fingerprint density at radius 2 is 1.85 bits per heavy atom. The van der Waals surface area contributed by atoms with Gasteiger partial charge in [0.1, 0.15) is 0 Å². The van der Waals surface area contributed by atoms with Gasteiger partial charge in [0.25, 0.3) is 0 Å². The van der Waals surface area contributed by atoms with E-state index in [2.05, 4.69) is 17.0 Å². The molecule has 0 aliphatic carbocycles. The molecule has 4 nitrogen and oxygen atoms in total. The molecule has 1 aromatic rings. The lowest BCUT2D eigenvalue weighted by molar-refractivity contribution is -0.140. The second-order valence-electron chi connectivity index (χ2n) is 4.70. The van der Waals surface area contributed by atoms with Crippen LogP contribution in [0.2, 0.25) is 0 Å². The third kappa shape index (κ3) is 4.78. The highest BCUT2D eigenvalue weighted by molar-refractivity contribution is 6.01. The van der Waals surface area contributed by atoms with E-state index in [0.29, 0.717) is 12.1 Å². The van der Waals surface area contributed by atoms with Crippen molar-refractivity contribution in [1.82, 2.24) is 5.32 Å². The minimum absolute atomic E-state index is 0.0554. The molecule has 1 atom stereocenters. The molecule has 0 amide bonds. The molecule has 0 radical (unpaired) electrons. The van der Waals surface area contributed by atoms with E-state index in [1.54, 1.807) is 0 Å². The number of esters is 1. The zero-order valence-corrected chi connectivity index (χ0v) is 12.4. The largest absolute Gasteiger partial charge is 0.469 e. The number of carbonyl (C=O) groups excluding carboxylic acids is 2. The van der Waals surface area contributed by atoms with Crippen molar-refractivity contribution in [3.63, 3.8) is 0 Å². The molecule has 4 heteroatoms. The van der Waals surface area contributed by atoms with E-state index in [4.69, 9.17) is 0 Å². The Morgan fingerprint density at radius 1 is 1.20 bits per heavy atom. The average Bonchev–Trinajstić information content (AvgIpc) is 2.47.